The van der Waals surface area contributed by atoms with Crippen molar-refractivity contribution in [1.29, 1.82) is 0 Å². The van der Waals surface area contributed by atoms with E-state index in [1.165, 1.54) is 26.3 Å². The van der Waals surface area contributed by atoms with Crippen molar-refractivity contribution in [3.8, 4) is 0 Å². The van der Waals surface area contributed by atoms with Gasteiger partial charge in [0.2, 0.25) is 0 Å². The molecule has 1 aromatic rings. The van der Waals surface area contributed by atoms with Crippen molar-refractivity contribution in [1.82, 2.24) is 4.98 Å². The van der Waals surface area contributed by atoms with Crippen LogP contribution in [0.25, 0.3) is 0 Å². The second-order valence-electron chi connectivity index (χ2n) is 3.53. The molecule has 0 saturated heterocycles. The Labute approximate surface area is 120 Å². The highest BCUT2D eigenvalue weighted by Gasteiger charge is 2.27. The third-order valence-electron chi connectivity index (χ3n) is 2.13. The summed E-state index contributed by atoms with van der Waals surface area (Å²) in [6.45, 7) is 4.73. The minimum absolute atomic E-state index is 0.0885. The molecule has 5 nitrogen and oxygen atoms in total. The maximum absolute atomic E-state index is 11.5. The average molecular weight is 304 g/mol. The highest BCUT2D eigenvalue weighted by atomic mass is 35.5. The fraction of sp³-hybridized carbons (Fsp3) is 0.250. The first-order valence-electron chi connectivity index (χ1n) is 5.12. The normalized spacial score (nSPS) is 11.6. The molecule has 1 aromatic heterocycles. The maximum atomic E-state index is 11.5. The molecule has 102 valence electrons. The third kappa shape index (κ3) is 3.94. The lowest BCUT2D eigenvalue weighted by atomic mass is 10.1. The van der Waals surface area contributed by atoms with Crippen LogP contribution in [0.3, 0.4) is 0 Å². The van der Waals surface area contributed by atoms with Crippen LogP contribution in [-0.4, -0.2) is 24.0 Å². The summed E-state index contributed by atoms with van der Waals surface area (Å²) in [5.41, 5.74) is 0.0751. The van der Waals surface area contributed by atoms with Crippen LogP contribution in [0.1, 0.15) is 18.7 Å². The number of hydrogen-bond donors (Lipinski definition) is 0. The predicted molar refractivity (Wildman–Crippen MR) is 69.9 cm³/mol. The van der Waals surface area contributed by atoms with Gasteiger partial charge in [-0.1, -0.05) is 29.8 Å². The summed E-state index contributed by atoms with van der Waals surface area (Å²) in [7, 11) is 1.19. The van der Waals surface area contributed by atoms with Crippen LogP contribution in [0, 0.1) is 0 Å². The zero-order chi connectivity index (χ0) is 14.6. The van der Waals surface area contributed by atoms with E-state index in [0.717, 1.165) is 0 Å². The van der Waals surface area contributed by atoms with E-state index in [1.54, 1.807) is 0 Å². The van der Waals surface area contributed by atoms with E-state index >= 15 is 0 Å². The molecule has 0 aromatic carbocycles. The van der Waals surface area contributed by atoms with Crippen molar-refractivity contribution in [3.63, 3.8) is 0 Å². The van der Waals surface area contributed by atoms with Gasteiger partial charge in [-0.2, -0.15) is 0 Å². The van der Waals surface area contributed by atoms with E-state index in [1.807, 2.05) is 0 Å². The van der Waals surface area contributed by atoms with Crippen LogP contribution < -0.4 is 0 Å². The summed E-state index contributed by atoms with van der Waals surface area (Å²) in [6, 6.07) is 1.42. The van der Waals surface area contributed by atoms with Gasteiger partial charge < -0.3 is 9.47 Å². The Hall–Kier alpha value is -1.59. The van der Waals surface area contributed by atoms with Crippen LogP contribution in [-0.2, 0) is 19.1 Å². The molecule has 0 aliphatic heterocycles. The van der Waals surface area contributed by atoms with E-state index < -0.39 is 18.0 Å². The largest absolute Gasteiger partial charge is 0.466 e. The standard InChI is InChI=1S/C12H11Cl2NO4/c1-6(12(17)18-3)11(19-7(2)16)10-9(14)4-8(13)5-15-10/h4-5,11H,1H2,2-3H3. The van der Waals surface area contributed by atoms with Crippen molar-refractivity contribution < 1.29 is 19.1 Å². The minimum atomic E-state index is -1.12. The molecular formula is C12H11Cl2NO4. The minimum Gasteiger partial charge on any atom is -0.466 e. The first-order valence-corrected chi connectivity index (χ1v) is 5.87. The number of methoxy groups -OCH3 is 1. The molecule has 7 heteroatoms. The number of hydrogen-bond acceptors (Lipinski definition) is 5. The number of esters is 2. The second-order valence-corrected chi connectivity index (χ2v) is 4.37. The fourth-order valence-electron chi connectivity index (χ4n) is 1.31. The Kier molecular flexibility index (Phi) is 5.32. The molecule has 1 unspecified atom stereocenters. The van der Waals surface area contributed by atoms with Crippen molar-refractivity contribution in [2.75, 3.05) is 7.11 Å². The lowest BCUT2D eigenvalue weighted by molar-refractivity contribution is -0.147. The summed E-state index contributed by atoms with van der Waals surface area (Å²) in [5.74, 6) is -1.33. The fourth-order valence-corrected chi connectivity index (χ4v) is 1.79. The van der Waals surface area contributed by atoms with E-state index in [-0.39, 0.29) is 16.3 Å². The summed E-state index contributed by atoms with van der Waals surface area (Å²) < 4.78 is 9.55. The molecule has 0 fully saturated rings. The number of carbonyl (C=O) groups is 2. The Morgan fingerprint density at radius 1 is 1.42 bits per heavy atom. The topological polar surface area (TPSA) is 65.5 Å². The summed E-state index contributed by atoms with van der Waals surface area (Å²) in [5, 5.41) is 0.475. The summed E-state index contributed by atoms with van der Waals surface area (Å²) >= 11 is 11.7. The second kappa shape index (κ2) is 6.54. The quantitative estimate of drug-likeness (QED) is 0.632. The zero-order valence-corrected chi connectivity index (χ0v) is 11.8. The number of ether oxygens (including phenoxy) is 2. The SMILES string of the molecule is C=C(C(=O)OC)C(OC(C)=O)c1ncc(Cl)cc1Cl. The monoisotopic (exact) mass is 303 g/mol. The van der Waals surface area contributed by atoms with Crippen molar-refractivity contribution in [3.05, 3.63) is 40.2 Å². The van der Waals surface area contributed by atoms with Gasteiger partial charge in [0.25, 0.3) is 0 Å². The summed E-state index contributed by atoms with van der Waals surface area (Å²) in [6.07, 6.45) is 0.207. The highest BCUT2D eigenvalue weighted by Crippen LogP contribution is 2.31. The molecule has 0 bridgehead atoms. The van der Waals surface area contributed by atoms with E-state index in [4.69, 9.17) is 27.9 Å². The third-order valence-corrected chi connectivity index (χ3v) is 2.64. The number of nitrogens with zero attached hydrogens (tertiary/aromatic N) is 1. The molecule has 0 aliphatic carbocycles. The molecule has 0 aliphatic rings. The van der Waals surface area contributed by atoms with Crippen LogP contribution in [0.4, 0.5) is 0 Å². The molecule has 0 spiro atoms. The first kappa shape index (κ1) is 15.5. The van der Waals surface area contributed by atoms with Crippen molar-refractivity contribution in [2.24, 2.45) is 0 Å². The number of pyridine rings is 1. The molecule has 0 amide bonds. The molecular weight excluding hydrogens is 293 g/mol. The van der Waals surface area contributed by atoms with Crippen LogP contribution in [0.15, 0.2) is 24.4 Å². The van der Waals surface area contributed by atoms with Gasteiger partial charge in [-0.15, -0.1) is 0 Å². The molecule has 1 atom stereocenters. The Bertz CT molecular complexity index is 530. The van der Waals surface area contributed by atoms with Gasteiger partial charge in [-0.3, -0.25) is 9.78 Å². The first-order chi connectivity index (χ1) is 8.86. The maximum Gasteiger partial charge on any atom is 0.337 e. The van der Waals surface area contributed by atoms with Crippen molar-refractivity contribution in [2.45, 2.75) is 13.0 Å². The average Bonchev–Trinajstić information content (AvgIpc) is 2.34. The summed E-state index contributed by atoms with van der Waals surface area (Å²) in [4.78, 5) is 26.5. The van der Waals surface area contributed by atoms with Crippen LogP contribution in [0.5, 0.6) is 0 Å². The van der Waals surface area contributed by atoms with Gasteiger partial charge in [0.15, 0.2) is 6.10 Å². The zero-order valence-electron chi connectivity index (χ0n) is 10.3. The molecule has 0 N–H and O–H groups in total. The van der Waals surface area contributed by atoms with E-state index in [2.05, 4.69) is 16.3 Å². The molecule has 0 radical (unpaired) electrons. The smallest absolute Gasteiger partial charge is 0.337 e. The Morgan fingerprint density at radius 3 is 2.53 bits per heavy atom. The van der Waals surface area contributed by atoms with Gasteiger partial charge in [0.1, 0.15) is 5.69 Å². The number of rotatable bonds is 4. The predicted octanol–water partition coefficient (Wildman–Crippen LogP) is 2.72. The number of aromatic nitrogens is 1. The van der Waals surface area contributed by atoms with E-state index in [0.29, 0.717) is 5.02 Å². The van der Waals surface area contributed by atoms with Crippen LogP contribution >= 0.6 is 23.2 Å². The molecule has 1 rings (SSSR count). The lowest BCUT2D eigenvalue weighted by Gasteiger charge is -2.18. The highest BCUT2D eigenvalue weighted by molar-refractivity contribution is 6.34. The van der Waals surface area contributed by atoms with Gasteiger partial charge in [-0.05, 0) is 6.07 Å². The van der Waals surface area contributed by atoms with Gasteiger partial charge in [0.05, 0.1) is 22.7 Å². The molecule has 0 saturated carbocycles. The van der Waals surface area contributed by atoms with Crippen LogP contribution in [0.2, 0.25) is 10.0 Å². The van der Waals surface area contributed by atoms with Gasteiger partial charge in [-0.25, -0.2) is 4.79 Å². The number of carbonyl (C=O) groups excluding carboxylic acids is 2. The van der Waals surface area contributed by atoms with Crippen molar-refractivity contribution >= 4 is 35.1 Å². The Morgan fingerprint density at radius 2 is 2.05 bits per heavy atom. The number of halogens is 2. The van der Waals surface area contributed by atoms with E-state index in [9.17, 15) is 9.59 Å². The molecule has 19 heavy (non-hydrogen) atoms. The Balaban J connectivity index is 3.19. The lowest BCUT2D eigenvalue weighted by Crippen LogP contribution is -2.18. The van der Waals surface area contributed by atoms with Gasteiger partial charge in [0, 0.05) is 13.1 Å². The van der Waals surface area contributed by atoms with Gasteiger partial charge >= 0.3 is 11.9 Å². The molecule has 1 heterocycles.